The molecule has 0 radical (unpaired) electrons. The van der Waals surface area contributed by atoms with Crippen LogP contribution >= 0.6 is 0 Å². The molecule has 1 amide bonds. The molecule has 2 N–H and O–H groups in total. The summed E-state index contributed by atoms with van der Waals surface area (Å²) in [5, 5.41) is 0. The second kappa shape index (κ2) is 5.52. The van der Waals surface area contributed by atoms with Crippen molar-refractivity contribution in [3.05, 3.63) is 0 Å². The van der Waals surface area contributed by atoms with Crippen LogP contribution in [0.1, 0.15) is 12.8 Å². The maximum absolute atomic E-state index is 12.5. The Morgan fingerprint density at radius 3 is 2.17 bits per heavy atom. The van der Waals surface area contributed by atoms with Gasteiger partial charge in [-0.1, -0.05) is 0 Å². The van der Waals surface area contributed by atoms with E-state index in [1.54, 1.807) is 19.1 Å². The lowest BCUT2D eigenvalue weighted by atomic mass is 9.90. The zero-order valence-electron chi connectivity index (χ0n) is 11.1. The molecule has 104 valence electrons. The van der Waals surface area contributed by atoms with Crippen molar-refractivity contribution < 1.29 is 19.0 Å². The molecule has 0 spiro atoms. The van der Waals surface area contributed by atoms with E-state index in [-0.39, 0.29) is 18.1 Å². The zero-order chi connectivity index (χ0) is 13.2. The first-order valence-electron chi connectivity index (χ1n) is 6.32. The Morgan fingerprint density at radius 1 is 1.22 bits per heavy atom. The maximum atomic E-state index is 12.5. The highest BCUT2D eigenvalue weighted by Gasteiger charge is 2.44. The van der Waals surface area contributed by atoms with E-state index < -0.39 is 5.54 Å². The quantitative estimate of drug-likeness (QED) is 0.729. The monoisotopic (exact) mass is 258 g/mol. The molecule has 0 aromatic rings. The first kappa shape index (κ1) is 13.7. The van der Waals surface area contributed by atoms with E-state index in [0.29, 0.717) is 39.1 Å². The number of hydrogen-bond acceptors (Lipinski definition) is 5. The Morgan fingerprint density at radius 2 is 1.72 bits per heavy atom. The summed E-state index contributed by atoms with van der Waals surface area (Å²) in [6, 6.07) is 0. The summed E-state index contributed by atoms with van der Waals surface area (Å²) >= 11 is 0. The molecule has 2 heterocycles. The van der Waals surface area contributed by atoms with Gasteiger partial charge < -0.3 is 24.8 Å². The van der Waals surface area contributed by atoms with Gasteiger partial charge in [-0.15, -0.1) is 0 Å². The Balaban J connectivity index is 2.01. The molecule has 2 saturated heterocycles. The van der Waals surface area contributed by atoms with E-state index in [0.717, 1.165) is 0 Å². The van der Waals surface area contributed by atoms with E-state index in [1.165, 1.54) is 0 Å². The Kier molecular flexibility index (Phi) is 4.21. The summed E-state index contributed by atoms with van der Waals surface area (Å²) in [5.74, 6) is -0.00704. The van der Waals surface area contributed by atoms with Gasteiger partial charge in [0, 0.05) is 40.5 Å². The highest BCUT2D eigenvalue weighted by molar-refractivity contribution is 5.86. The van der Waals surface area contributed by atoms with Gasteiger partial charge >= 0.3 is 0 Å². The molecule has 2 rings (SSSR count). The largest absolute Gasteiger partial charge is 0.381 e. The zero-order valence-corrected chi connectivity index (χ0v) is 11.1. The molecular weight excluding hydrogens is 236 g/mol. The summed E-state index contributed by atoms with van der Waals surface area (Å²) in [6.07, 6.45) is 1.03. The van der Waals surface area contributed by atoms with E-state index in [2.05, 4.69) is 0 Å². The fourth-order valence-corrected chi connectivity index (χ4v) is 2.63. The second-order valence-corrected chi connectivity index (χ2v) is 5.03. The predicted molar refractivity (Wildman–Crippen MR) is 65.1 cm³/mol. The fraction of sp³-hybridized carbons (Fsp3) is 0.917. The van der Waals surface area contributed by atoms with Gasteiger partial charge in [0.2, 0.25) is 5.91 Å². The molecule has 0 saturated carbocycles. The molecule has 0 aliphatic carbocycles. The molecule has 0 aromatic carbocycles. The van der Waals surface area contributed by atoms with Crippen LogP contribution in [-0.2, 0) is 19.0 Å². The third-order valence-corrected chi connectivity index (χ3v) is 3.92. The second-order valence-electron chi connectivity index (χ2n) is 5.03. The van der Waals surface area contributed by atoms with E-state index in [9.17, 15) is 4.79 Å². The van der Waals surface area contributed by atoms with Crippen LogP contribution in [0.4, 0.5) is 0 Å². The number of ether oxygens (including phenoxy) is 3. The summed E-state index contributed by atoms with van der Waals surface area (Å²) in [5.41, 5.74) is 5.42. The average Bonchev–Trinajstić information content (AvgIpc) is 2.81. The lowest BCUT2D eigenvalue weighted by Crippen LogP contribution is -2.57. The number of amides is 1. The number of carbonyl (C=O) groups is 1. The standard InChI is InChI=1S/C12H22N2O4/c1-16-9-7-14(8-10(9)17-2)11(15)12(13)3-5-18-6-4-12/h9-10H,3-8,13H2,1-2H3. The van der Waals surface area contributed by atoms with Crippen molar-refractivity contribution in [3.8, 4) is 0 Å². The lowest BCUT2D eigenvalue weighted by Gasteiger charge is -2.35. The molecule has 2 aliphatic rings. The predicted octanol–water partition coefficient (Wildman–Crippen LogP) is -0.633. The average molecular weight is 258 g/mol. The molecule has 2 aliphatic heterocycles. The van der Waals surface area contributed by atoms with Crippen molar-refractivity contribution in [1.29, 1.82) is 0 Å². The number of carbonyl (C=O) groups excluding carboxylic acids is 1. The number of nitrogens with zero attached hydrogens (tertiary/aromatic N) is 1. The number of rotatable bonds is 3. The minimum Gasteiger partial charge on any atom is -0.381 e. The number of methoxy groups -OCH3 is 2. The molecule has 18 heavy (non-hydrogen) atoms. The lowest BCUT2D eigenvalue weighted by molar-refractivity contribution is -0.140. The third kappa shape index (κ3) is 2.51. The molecule has 2 fully saturated rings. The Hall–Kier alpha value is -0.690. The van der Waals surface area contributed by atoms with E-state index in [1.807, 2.05) is 0 Å². The van der Waals surface area contributed by atoms with Crippen molar-refractivity contribution in [2.45, 2.75) is 30.6 Å². The van der Waals surface area contributed by atoms with Crippen LogP contribution in [0, 0.1) is 0 Å². The molecule has 2 atom stereocenters. The van der Waals surface area contributed by atoms with E-state index in [4.69, 9.17) is 19.9 Å². The van der Waals surface area contributed by atoms with Gasteiger partial charge in [0.1, 0.15) is 12.2 Å². The maximum Gasteiger partial charge on any atom is 0.243 e. The normalized spacial score (nSPS) is 31.6. The molecule has 6 nitrogen and oxygen atoms in total. The summed E-state index contributed by atoms with van der Waals surface area (Å²) < 4.78 is 15.9. The summed E-state index contributed by atoms with van der Waals surface area (Å²) in [7, 11) is 3.27. The van der Waals surface area contributed by atoms with Crippen LogP contribution < -0.4 is 5.73 Å². The van der Waals surface area contributed by atoms with Crippen LogP contribution in [0.2, 0.25) is 0 Å². The highest BCUT2D eigenvalue weighted by atomic mass is 16.5. The molecule has 2 unspecified atom stereocenters. The van der Waals surface area contributed by atoms with Gasteiger partial charge in [-0.3, -0.25) is 4.79 Å². The van der Waals surface area contributed by atoms with Crippen LogP contribution in [0.15, 0.2) is 0 Å². The fourth-order valence-electron chi connectivity index (χ4n) is 2.63. The highest BCUT2D eigenvalue weighted by Crippen LogP contribution is 2.24. The molecule has 0 aromatic heterocycles. The first-order valence-corrected chi connectivity index (χ1v) is 6.32. The Bertz CT molecular complexity index is 292. The summed E-state index contributed by atoms with van der Waals surface area (Å²) in [4.78, 5) is 14.2. The van der Waals surface area contributed by atoms with Crippen molar-refractivity contribution in [2.75, 3.05) is 40.5 Å². The number of likely N-dealkylation sites (tertiary alicyclic amines) is 1. The molecule has 0 bridgehead atoms. The van der Waals surface area contributed by atoms with Crippen molar-refractivity contribution >= 4 is 5.91 Å². The number of hydrogen-bond donors (Lipinski definition) is 1. The minimum absolute atomic E-state index is 0.00704. The van der Waals surface area contributed by atoms with Gasteiger partial charge in [-0.05, 0) is 12.8 Å². The van der Waals surface area contributed by atoms with Crippen LogP contribution in [0.25, 0.3) is 0 Å². The smallest absolute Gasteiger partial charge is 0.243 e. The van der Waals surface area contributed by atoms with Gasteiger partial charge in [-0.25, -0.2) is 0 Å². The van der Waals surface area contributed by atoms with Crippen molar-refractivity contribution in [2.24, 2.45) is 5.73 Å². The van der Waals surface area contributed by atoms with E-state index >= 15 is 0 Å². The Labute approximate surface area is 107 Å². The molecular formula is C12H22N2O4. The van der Waals surface area contributed by atoms with Gasteiger partial charge in [0.15, 0.2) is 0 Å². The van der Waals surface area contributed by atoms with Crippen LogP contribution in [0.5, 0.6) is 0 Å². The molecule has 6 heteroatoms. The van der Waals surface area contributed by atoms with Gasteiger partial charge in [-0.2, -0.15) is 0 Å². The number of nitrogens with two attached hydrogens (primary N) is 1. The minimum atomic E-state index is -0.779. The van der Waals surface area contributed by atoms with Crippen molar-refractivity contribution in [1.82, 2.24) is 4.90 Å². The van der Waals surface area contributed by atoms with Gasteiger partial charge in [0.25, 0.3) is 0 Å². The SMILES string of the molecule is COC1CN(C(=O)C2(N)CCOCC2)CC1OC. The first-order chi connectivity index (χ1) is 8.60. The van der Waals surface area contributed by atoms with Gasteiger partial charge in [0.05, 0.1) is 5.54 Å². The van der Waals surface area contributed by atoms with Crippen molar-refractivity contribution in [3.63, 3.8) is 0 Å². The summed E-state index contributed by atoms with van der Waals surface area (Å²) in [6.45, 7) is 2.20. The topological polar surface area (TPSA) is 74.0 Å². The van der Waals surface area contributed by atoms with Crippen LogP contribution in [0.3, 0.4) is 0 Å². The third-order valence-electron chi connectivity index (χ3n) is 3.92. The van der Waals surface area contributed by atoms with Crippen LogP contribution in [-0.4, -0.2) is 69.1 Å².